The van der Waals surface area contributed by atoms with Crippen molar-refractivity contribution in [3.8, 4) is 33.4 Å². The van der Waals surface area contributed by atoms with Gasteiger partial charge in [0.15, 0.2) is 0 Å². The molecule has 9 aromatic carbocycles. The normalized spacial score (nSPS) is 12.1. The van der Waals surface area contributed by atoms with Crippen LogP contribution in [0.15, 0.2) is 183 Å². The topological polar surface area (TPSA) is 60.7 Å². The lowest BCUT2D eigenvalue weighted by Gasteiger charge is -2.12. The van der Waals surface area contributed by atoms with E-state index < -0.39 is 0 Å². The van der Waals surface area contributed by atoms with Crippen LogP contribution < -0.4 is 5.56 Å². The van der Waals surface area contributed by atoms with Gasteiger partial charge in [0, 0.05) is 10.8 Å². The molecule has 3 heterocycles. The van der Waals surface area contributed by atoms with E-state index in [-0.39, 0.29) is 11.4 Å². The monoisotopic (exact) mass is 704 g/mol. The van der Waals surface area contributed by atoms with Gasteiger partial charge < -0.3 is 8.83 Å². The molecule has 0 bridgehead atoms. The number of imidazole rings is 1. The Morgan fingerprint density at radius 3 is 1.75 bits per heavy atom. The molecule has 0 fully saturated rings. The number of rotatable bonds is 3. The van der Waals surface area contributed by atoms with Crippen molar-refractivity contribution in [3.05, 3.63) is 180 Å². The smallest absolute Gasteiger partial charge is 0.310 e. The fraction of sp³-hybridized carbons (Fsp3) is 0. The SMILES string of the molecule is O=c1c2ccc(-c3cccc(-c4ccc5c6ccccc6c6ccccc6c5c4)c3)cc2oc2nc3ccc(-c4cccc5oc6ccccc6c45)cc3n12. The maximum atomic E-state index is 14.2. The molecule has 0 saturated carbocycles. The van der Waals surface area contributed by atoms with Gasteiger partial charge in [-0.15, -0.1) is 0 Å². The first-order valence-corrected chi connectivity index (χ1v) is 18.4. The molecule has 12 aromatic rings. The van der Waals surface area contributed by atoms with Crippen LogP contribution in [0.3, 0.4) is 0 Å². The van der Waals surface area contributed by atoms with Gasteiger partial charge in [0.25, 0.3) is 5.56 Å². The number of para-hydroxylation sites is 1. The molecule has 0 saturated heterocycles. The van der Waals surface area contributed by atoms with Crippen LogP contribution >= 0.6 is 0 Å². The lowest BCUT2D eigenvalue weighted by atomic mass is 9.91. The molecule has 0 unspecified atom stereocenters. The van der Waals surface area contributed by atoms with Crippen LogP contribution in [0.4, 0.5) is 0 Å². The van der Waals surface area contributed by atoms with Gasteiger partial charge >= 0.3 is 5.84 Å². The molecule has 0 N–H and O–H groups in total. The van der Waals surface area contributed by atoms with E-state index in [9.17, 15) is 4.79 Å². The van der Waals surface area contributed by atoms with Crippen molar-refractivity contribution >= 4 is 82.1 Å². The summed E-state index contributed by atoms with van der Waals surface area (Å²) >= 11 is 0. The Hall–Kier alpha value is -7.50. The summed E-state index contributed by atoms with van der Waals surface area (Å²) in [5.41, 5.74) is 9.62. The Balaban J connectivity index is 0.963. The Labute approximate surface area is 312 Å². The highest BCUT2D eigenvalue weighted by atomic mass is 16.4. The van der Waals surface area contributed by atoms with Crippen molar-refractivity contribution in [2.75, 3.05) is 0 Å². The summed E-state index contributed by atoms with van der Waals surface area (Å²) in [6.07, 6.45) is 0. The average Bonchev–Trinajstić information content (AvgIpc) is 3.81. The van der Waals surface area contributed by atoms with Crippen LogP contribution in [-0.2, 0) is 0 Å². The summed E-state index contributed by atoms with van der Waals surface area (Å²) in [7, 11) is 0. The second-order valence-corrected chi connectivity index (χ2v) is 14.3. The number of benzene rings is 9. The van der Waals surface area contributed by atoms with E-state index in [1.54, 1.807) is 4.40 Å². The van der Waals surface area contributed by atoms with Crippen LogP contribution in [0.1, 0.15) is 0 Å². The van der Waals surface area contributed by atoms with E-state index in [0.717, 1.165) is 55.3 Å². The summed E-state index contributed by atoms with van der Waals surface area (Å²) in [5.74, 6) is 0.262. The summed E-state index contributed by atoms with van der Waals surface area (Å²) in [4.78, 5) is 18.9. The van der Waals surface area contributed by atoms with Crippen molar-refractivity contribution < 1.29 is 8.83 Å². The van der Waals surface area contributed by atoms with E-state index in [1.807, 2.05) is 66.7 Å². The van der Waals surface area contributed by atoms with Gasteiger partial charge in [0.05, 0.1) is 16.4 Å². The minimum atomic E-state index is -0.168. The second kappa shape index (κ2) is 11.3. The molecule has 3 aromatic heterocycles. The summed E-state index contributed by atoms with van der Waals surface area (Å²) in [6.45, 7) is 0. The Morgan fingerprint density at radius 1 is 0.400 bits per heavy atom. The second-order valence-electron chi connectivity index (χ2n) is 14.3. The van der Waals surface area contributed by atoms with Crippen LogP contribution in [0.25, 0.3) is 115 Å². The average molecular weight is 705 g/mol. The van der Waals surface area contributed by atoms with Gasteiger partial charge in [0.2, 0.25) is 0 Å². The van der Waals surface area contributed by atoms with E-state index in [0.29, 0.717) is 22.0 Å². The molecule has 0 radical (unpaired) electrons. The molecule has 256 valence electrons. The van der Waals surface area contributed by atoms with Crippen LogP contribution in [-0.4, -0.2) is 9.38 Å². The van der Waals surface area contributed by atoms with Gasteiger partial charge in [-0.05, 0) is 114 Å². The fourth-order valence-corrected chi connectivity index (χ4v) is 8.65. The lowest BCUT2D eigenvalue weighted by molar-refractivity contribution is 0.617. The quantitative estimate of drug-likeness (QED) is 0.172. The number of hydrogen-bond acceptors (Lipinski definition) is 4. The first-order chi connectivity index (χ1) is 27.2. The van der Waals surface area contributed by atoms with Crippen molar-refractivity contribution in [1.29, 1.82) is 0 Å². The molecule has 0 atom stereocenters. The number of furan rings is 1. The predicted molar refractivity (Wildman–Crippen MR) is 225 cm³/mol. The molecule has 0 aliphatic rings. The molecule has 12 rings (SSSR count). The summed E-state index contributed by atoms with van der Waals surface area (Å²) < 4.78 is 14.2. The first-order valence-electron chi connectivity index (χ1n) is 18.4. The zero-order valence-electron chi connectivity index (χ0n) is 29.3. The maximum absolute atomic E-state index is 14.2. The molecule has 0 aliphatic heterocycles. The first kappa shape index (κ1) is 30.0. The van der Waals surface area contributed by atoms with Crippen molar-refractivity contribution in [3.63, 3.8) is 0 Å². The van der Waals surface area contributed by atoms with Crippen LogP contribution in [0.5, 0.6) is 0 Å². The molecule has 0 aliphatic carbocycles. The highest BCUT2D eigenvalue weighted by molar-refractivity contribution is 6.25. The number of fused-ring (bicyclic) bond motifs is 13. The van der Waals surface area contributed by atoms with Gasteiger partial charge in [-0.2, -0.15) is 4.98 Å². The highest BCUT2D eigenvalue weighted by Gasteiger charge is 2.18. The maximum Gasteiger partial charge on any atom is 0.310 e. The largest absolute Gasteiger partial charge is 0.456 e. The molecular weight excluding hydrogens is 677 g/mol. The summed E-state index contributed by atoms with van der Waals surface area (Å²) in [5, 5.41) is 10.1. The molecule has 55 heavy (non-hydrogen) atoms. The lowest BCUT2D eigenvalue weighted by Crippen LogP contribution is -2.12. The summed E-state index contributed by atoms with van der Waals surface area (Å²) in [6, 6.07) is 58.6. The fourth-order valence-electron chi connectivity index (χ4n) is 8.65. The number of nitrogens with zero attached hydrogens (tertiary/aromatic N) is 2. The molecule has 0 spiro atoms. The molecule has 5 nitrogen and oxygen atoms in total. The Kier molecular flexibility index (Phi) is 6.14. The third-order valence-electron chi connectivity index (χ3n) is 11.2. The van der Waals surface area contributed by atoms with E-state index >= 15 is 0 Å². The number of aromatic nitrogens is 2. The van der Waals surface area contributed by atoms with E-state index in [2.05, 4.69) is 103 Å². The van der Waals surface area contributed by atoms with Crippen LogP contribution in [0.2, 0.25) is 0 Å². The highest BCUT2D eigenvalue weighted by Crippen LogP contribution is 2.39. The third kappa shape index (κ3) is 4.41. The van der Waals surface area contributed by atoms with Gasteiger partial charge in [0.1, 0.15) is 16.7 Å². The zero-order valence-corrected chi connectivity index (χ0v) is 29.3. The predicted octanol–water partition coefficient (Wildman–Crippen LogP) is 13.0. The third-order valence-corrected chi connectivity index (χ3v) is 11.2. The van der Waals surface area contributed by atoms with Crippen molar-refractivity contribution in [1.82, 2.24) is 9.38 Å². The van der Waals surface area contributed by atoms with Crippen molar-refractivity contribution in [2.24, 2.45) is 0 Å². The Morgan fingerprint density at radius 2 is 0.982 bits per heavy atom. The zero-order chi connectivity index (χ0) is 36.2. The van der Waals surface area contributed by atoms with E-state index in [1.165, 1.54) is 32.3 Å². The molecular formula is C50H28N2O3. The van der Waals surface area contributed by atoms with Crippen molar-refractivity contribution in [2.45, 2.75) is 0 Å². The van der Waals surface area contributed by atoms with Gasteiger partial charge in [-0.3, -0.25) is 4.79 Å². The minimum absolute atomic E-state index is 0.168. The molecule has 0 amide bonds. The Bertz CT molecular complexity index is 3610. The van der Waals surface area contributed by atoms with Gasteiger partial charge in [-0.25, -0.2) is 4.40 Å². The molecule has 5 heteroatoms. The van der Waals surface area contributed by atoms with Gasteiger partial charge in [-0.1, -0.05) is 121 Å². The minimum Gasteiger partial charge on any atom is -0.456 e. The van der Waals surface area contributed by atoms with E-state index in [4.69, 9.17) is 13.8 Å². The standard InChI is InChI=1S/C50H28N2O3/c53-49-41-23-20-32(30-10-7-9-29(25-30)31-19-22-39-37-13-2-1-11-35(37)36-12-3-4-14-38(36)42(39)26-31)28-47(41)55-50-51-43-24-21-33(27-44(43)52(49)50)34-16-8-18-46-48(34)40-15-5-6-17-45(40)54-46/h1-28H. The number of hydrogen-bond donors (Lipinski definition) is 0. The van der Waals surface area contributed by atoms with Crippen LogP contribution in [0, 0.1) is 0 Å².